The molecule has 0 aliphatic heterocycles. The largest absolute Gasteiger partial charge is 0.351 e. The Morgan fingerprint density at radius 2 is 2.13 bits per heavy atom. The van der Waals surface area contributed by atoms with Crippen molar-refractivity contribution in [1.29, 1.82) is 0 Å². The molecule has 3 rings (SSSR count). The number of fused-ring (bicyclic) bond motifs is 1. The summed E-state index contributed by atoms with van der Waals surface area (Å²) in [7, 11) is 0. The molecule has 23 heavy (non-hydrogen) atoms. The van der Waals surface area contributed by atoms with Crippen molar-refractivity contribution in [3.05, 3.63) is 54.2 Å². The Labute approximate surface area is 135 Å². The number of hydrogen-bond donors (Lipinski definition) is 1. The number of imidazole rings is 1. The second-order valence-electron chi connectivity index (χ2n) is 5.64. The Morgan fingerprint density at radius 3 is 2.87 bits per heavy atom. The average molecular weight is 310 g/mol. The minimum atomic E-state index is 0.00572. The van der Waals surface area contributed by atoms with Crippen LogP contribution in [0.3, 0.4) is 0 Å². The monoisotopic (exact) mass is 310 g/mol. The van der Waals surface area contributed by atoms with Gasteiger partial charge in [0, 0.05) is 42.9 Å². The zero-order valence-corrected chi connectivity index (χ0v) is 13.6. The van der Waals surface area contributed by atoms with Crippen LogP contribution in [0.15, 0.2) is 43.0 Å². The van der Waals surface area contributed by atoms with Crippen LogP contribution in [0.4, 0.5) is 0 Å². The minimum Gasteiger partial charge on any atom is -0.351 e. The van der Waals surface area contributed by atoms with Crippen LogP contribution in [-0.4, -0.2) is 26.6 Å². The quantitative estimate of drug-likeness (QED) is 0.712. The number of nitrogens with one attached hydrogen (secondary N) is 1. The van der Waals surface area contributed by atoms with Gasteiger partial charge in [0.25, 0.3) is 5.91 Å². The molecular formula is C18H22N4O. The van der Waals surface area contributed by atoms with E-state index in [4.69, 9.17) is 0 Å². The first-order chi connectivity index (χ1) is 11.2. The summed E-state index contributed by atoms with van der Waals surface area (Å²) in [5.41, 5.74) is 2.95. The van der Waals surface area contributed by atoms with E-state index >= 15 is 0 Å². The van der Waals surface area contributed by atoms with Gasteiger partial charge in [-0.2, -0.15) is 0 Å². The van der Waals surface area contributed by atoms with Crippen LogP contribution in [0.1, 0.15) is 29.4 Å². The normalized spacial score (nSPS) is 11.0. The second kappa shape index (κ2) is 6.69. The molecule has 0 aliphatic rings. The second-order valence-corrected chi connectivity index (χ2v) is 5.64. The van der Waals surface area contributed by atoms with E-state index in [0.29, 0.717) is 6.54 Å². The first-order valence-electron chi connectivity index (χ1n) is 8.04. The number of hydrogen-bond acceptors (Lipinski definition) is 2. The van der Waals surface area contributed by atoms with Gasteiger partial charge in [0.05, 0.1) is 6.33 Å². The molecule has 0 radical (unpaired) electrons. The summed E-state index contributed by atoms with van der Waals surface area (Å²) in [6.45, 7) is 6.39. The molecule has 0 aliphatic carbocycles. The van der Waals surface area contributed by atoms with Crippen molar-refractivity contribution >= 4 is 16.8 Å². The summed E-state index contributed by atoms with van der Waals surface area (Å²) in [6, 6.07) is 8.18. The highest BCUT2D eigenvalue weighted by atomic mass is 16.1. The summed E-state index contributed by atoms with van der Waals surface area (Å²) in [6.07, 6.45) is 6.37. The van der Waals surface area contributed by atoms with E-state index < -0.39 is 0 Å². The van der Waals surface area contributed by atoms with Gasteiger partial charge in [0.15, 0.2) is 0 Å². The van der Waals surface area contributed by atoms with Crippen molar-refractivity contribution in [2.45, 2.75) is 33.4 Å². The standard InChI is InChI=1S/C18H22N4O/c1-3-22-16-8-5-4-7-15(16)14(2)17(22)18(23)20-9-6-11-21-12-10-19-13-21/h4-5,7-8,10,12-13H,3,6,9,11H2,1-2H3,(H,20,23). The molecule has 0 atom stereocenters. The first-order valence-corrected chi connectivity index (χ1v) is 8.04. The Balaban J connectivity index is 1.71. The van der Waals surface area contributed by atoms with Gasteiger partial charge in [-0.25, -0.2) is 4.98 Å². The van der Waals surface area contributed by atoms with Crippen LogP contribution >= 0.6 is 0 Å². The van der Waals surface area contributed by atoms with Crippen molar-refractivity contribution in [2.75, 3.05) is 6.54 Å². The molecule has 1 aromatic carbocycles. The molecule has 3 aromatic rings. The average Bonchev–Trinajstić information content (AvgIpc) is 3.18. The van der Waals surface area contributed by atoms with Gasteiger partial charge >= 0.3 is 0 Å². The van der Waals surface area contributed by atoms with E-state index in [1.165, 1.54) is 0 Å². The van der Waals surface area contributed by atoms with Gasteiger partial charge in [0.2, 0.25) is 0 Å². The number of rotatable bonds is 6. The van der Waals surface area contributed by atoms with Crippen LogP contribution in [0, 0.1) is 6.92 Å². The number of carbonyl (C=O) groups excluding carboxylic acids is 1. The van der Waals surface area contributed by atoms with Gasteiger partial charge in [-0.3, -0.25) is 4.79 Å². The molecule has 2 heterocycles. The van der Waals surface area contributed by atoms with Crippen molar-refractivity contribution in [2.24, 2.45) is 0 Å². The van der Waals surface area contributed by atoms with Gasteiger partial charge in [0.1, 0.15) is 5.69 Å². The molecule has 120 valence electrons. The van der Waals surface area contributed by atoms with Crippen molar-refractivity contribution in [3.63, 3.8) is 0 Å². The minimum absolute atomic E-state index is 0.00572. The van der Waals surface area contributed by atoms with Gasteiger partial charge in [-0.1, -0.05) is 18.2 Å². The zero-order valence-electron chi connectivity index (χ0n) is 13.6. The number of aromatic nitrogens is 3. The third kappa shape index (κ3) is 2.99. The first kappa shape index (κ1) is 15.3. The highest BCUT2D eigenvalue weighted by molar-refractivity contribution is 6.01. The Morgan fingerprint density at radius 1 is 1.30 bits per heavy atom. The maximum Gasteiger partial charge on any atom is 0.268 e. The molecule has 2 aromatic heterocycles. The highest BCUT2D eigenvalue weighted by Gasteiger charge is 2.18. The van der Waals surface area contributed by atoms with E-state index in [9.17, 15) is 4.79 Å². The Kier molecular flexibility index (Phi) is 4.46. The number of para-hydroxylation sites is 1. The molecule has 0 unspecified atom stereocenters. The third-order valence-corrected chi connectivity index (χ3v) is 4.19. The van der Waals surface area contributed by atoms with Crippen LogP contribution in [0.2, 0.25) is 0 Å². The predicted molar refractivity (Wildman–Crippen MR) is 91.5 cm³/mol. The van der Waals surface area contributed by atoms with Crippen LogP contribution < -0.4 is 5.32 Å². The lowest BCUT2D eigenvalue weighted by atomic mass is 10.1. The summed E-state index contributed by atoms with van der Waals surface area (Å²) in [5.74, 6) is 0.00572. The molecule has 5 nitrogen and oxygen atoms in total. The fourth-order valence-corrected chi connectivity index (χ4v) is 3.06. The lowest BCUT2D eigenvalue weighted by Gasteiger charge is -2.10. The van der Waals surface area contributed by atoms with Crippen LogP contribution in [0.5, 0.6) is 0 Å². The number of carbonyl (C=O) groups is 1. The fourth-order valence-electron chi connectivity index (χ4n) is 3.06. The molecule has 5 heteroatoms. The van der Waals surface area contributed by atoms with Crippen molar-refractivity contribution in [3.8, 4) is 0 Å². The molecular weight excluding hydrogens is 288 g/mol. The molecule has 0 bridgehead atoms. The maximum absolute atomic E-state index is 12.6. The molecule has 0 saturated heterocycles. The van der Waals surface area contributed by atoms with Crippen molar-refractivity contribution in [1.82, 2.24) is 19.4 Å². The zero-order chi connectivity index (χ0) is 16.2. The third-order valence-electron chi connectivity index (χ3n) is 4.19. The van der Waals surface area contributed by atoms with E-state index in [0.717, 1.165) is 41.7 Å². The molecule has 1 amide bonds. The topological polar surface area (TPSA) is 51.9 Å². The smallest absolute Gasteiger partial charge is 0.268 e. The summed E-state index contributed by atoms with van der Waals surface area (Å²) in [4.78, 5) is 16.6. The lowest BCUT2D eigenvalue weighted by Crippen LogP contribution is -2.28. The number of aryl methyl sites for hydroxylation is 3. The van der Waals surface area contributed by atoms with E-state index in [2.05, 4.69) is 33.9 Å². The highest BCUT2D eigenvalue weighted by Crippen LogP contribution is 2.25. The lowest BCUT2D eigenvalue weighted by molar-refractivity contribution is 0.0943. The SMILES string of the molecule is CCn1c(C(=O)NCCCn2ccnc2)c(C)c2ccccc21. The van der Waals surface area contributed by atoms with Crippen molar-refractivity contribution < 1.29 is 4.79 Å². The van der Waals surface area contributed by atoms with Gasteiger partial charge in [-0.15, -0.1) is 0 Å². The van der Waals surface area contributed by atoms with Crippen LogP contribution in [-0.2, 0) is 13.1 Å². The van der Waals surface area contributed by atoms with Crippen LogP contribution in [0.25, 0.3) is 10.9 Å². The fraction of sp³-hybridized carbons (Fsp3) is 0.333. The summed E-state index contributed by atoms with van der Waals surface area (Å²) < 4.78 is 4.11. The van der Waals surface area contributed by atoms with E-state index in [1.807, 2.05) is 29.8 Å². The number of nitrogens with zero attached hydrogens (tertiary/aromatic N) is 3. The van der Waals surface area contributed by atoms with Gasteiger partial charge in [-0.05, 0) is 31.9 Å². The summed E-state index contributed by atoms with van der Waals surface area (Å²) >= 11 is 0. The predicted octanol–water partition coefficient (Wildman–Crippen LogP) is 2.99. The van der Waals surface area contributed by atoms with E-state index in [1.54, 1.807) is 12.5 Å². The Bertz CT molecular complexity index is 802. The van der Waals surface area contributed by atoms with E-state index in [-0.39, 0.29) is 5.91 Å². The number of amides is 1. The molecule has 0 saturated carbocycles. The number of benzene rings is 1. The summed E-state index contributed by atoms with van der Waals surface area (Å²) in [5, 5.41) is 4.20. The molecule has 1 N–H and O–H groups in total. The molecule has 0 fully saturated rings. The van der Waals surface area contributed by atoms with Gasteiger partial charge < -0.3 is 14.5 Å². The maximum atomic E-state index is 12.6. The molecule has 0 spiro atoms. The Hall–Kier alpha value is -2.56.